The summed E-state index contributed by atoms with van der Waals surface area (Å²) >= 11 is 0. The molecule has 0 aliphatic rings. The summed E-state index contributed by atoms with van der Waals surface area (Å²) in [7, 11) is 0. The molecule has 0 fully saturated rings. The standard InChI is InChI=1S/C26H27NO5/c1-2-31-23(28)18-27(26(30)32-19-20-12-6-3-7-13-20)24(21-14-8-4-9-15-21)25(29)22-16-10-5-11-17-22/h3-17,24-25,29H,2,18-19H2,1H3/t24-,25+/m1/s1. The van der Waals surface area contributed by atoms with Gasteiger partial charge in [0.25, 0.3) is 0 Å². The van der Waals surface area contributed by atoms with Crippen molar-refractivity contribution in [1.82, 2.24) is 4.90 Å². The Balaban J connectivity index is 1.94. The number of amides is 1. The summed E-state index contributed by atoms with van der Waals surface area (Å²) in [4.78, 5) is 26.8. The van der Waals surface area contributed by atoms with E-state index in [4.69, 9.17) is 9.47 Å². The zero-order valence-corrected chi connectivity index (χ0v) is 18.0. The summed E-state index contributed by atoms with van der Waals surface area (Å²) in [5.74, 6) is -0.578. The van der Waals surface area contributed by atoms with Crippen LogP contribution >= 0.6 is 0 Å². The van der Waals surface area contributed by atoms with E-state index in [9.17, 15) is 14.7 Å². The number of esters is 1. The molecule has 3 aromatic carbocycles. The van der Waals surface area contributed by atoms with Gasteiger partial charge in [0.05, 0.1) is 12.6 Å². The molecule has 0 spiro atoms. The van der Waals surface area contributed by atoms with Crippen LogP contribution in [0.4, 0.5) is 4.79 Å². The van der Waals surface area contributed by atoms with Crippen LogP contribution in [0.1, 0.15) is 35.8 Å². The van der Waals surface area contributed by atoms with Crippen molar-refractivity contribution in [2.45, 2.75) is 25.7 Å². The highest BCUT2D eigenvalue weighted by atomic mass is 16.6. The highest BCUT2D eigenvalue weighted by Gasteiger charge is 2.35. The number of carbonyl (C=O) groups excluding carboxylic acids is 2. The third kappa shape index (κ3) is 6.18. The van der Waals surface area contributed by atoms with Gasteiger partial charge in [0, 0.05) is 0 Å². The van der Waals surface area contributed by atoms with E-state index in [1.807, 2.05) is 66.7 Å². The molecule has 0 bridgehead atoms. The molecule has 3 rings (SSSR count). The van der Waals surface area contributed by atoms with Gasteiger partial charge in [-0.2, -0.15) is 0 Å². The Morgan fingerprint density at radius 1 is 0.812 bits per heavy atom. The molecule has 0 heterocycles. The summed E-state index contributed by atoms with van der Waals surface area (Å²) in [6.45, 7) is 1.57. The molecule has 6 heteroatoms. The fourth-order valence-corrected chi connectivity index (χ4v) is 3.44. The molecule has 0 unspecified atom stereocenters. The number of hydrogen-bond acceptors (Lipinski definition) is 5. The zero-order valence-electron chi connectivity index (χ0n) is 18.0. The van der Waals surface area contributed by atoms with Crippen molar-refractivity contribution in [3.05, 3.63) is 108 Å². The van der Waals surface area contributed by atoms with E-state index in [1.165, 1.54) is 4.90 Å². The number of carbonyl (C=O) groups is 2. The maximum Gasteiger partial charge on any atom is 0.411 e. The third-order valence-corrected chi connectivity index (χ3v) is 4.96. The van der Waals surface area contributed by atoms with Crippen LogP contribution in [-0.2, 0) is 20.9 Å². The Morgan fingerprint density at radius 3 is 1.91 bits per heavy atom. The van der Waals surface area contributed by atoms with E-state index in [-0.39, 0.29) is 19.8 Å². The minimum Gasteiger partial charge on any atom is -0.465 e. The first-order chi connectivity index (χ1) is 15.6. The second-order valence-electron chi connectivity index (χ2n) is 7.18. The lowest BCUT2D eigenvalue weighted by Crippen LogP contribution is -2.42. The largest absolute Gasteiger partial charge is 0.465 e. The third-order valence-electron chi connectivity index (χ3n) is 4.96. The van der Waals surface area contributed by atoms with E-state index in [0.29, 0.717) is 11.1 Å². The average Bonchev–Trinajstić information content (AvgIpc) is 2.84. The molecule has 6 nitrogen and oxygen atoms in total. The van der Waals surface area contributed by atoms with Gasteiger partial charge in [-0.3, -0.25) is 9.69 Å². The fourth-order valence-electron chi connectivity index (χ4n) is 3.44. The van der Waals surface area contributed by atoms with Gasteiger partial charge in [-0.1, -0.05) is 91.0 Å². The number of ether oxygens (including phenoxy) is 2. The molecule has 166 valence electrons. The molecule has 0 saturated carbocycles. The van der Waals surface area contributed by atoms with Gasteiger partial charge in [0.2, 0.25) is 0 Å². The van der Waals surface area contributed by atoms with Crippen molar-refractivity contribution in [3.63, 3.8) is 0 Å². The Kier molecular flexibility index (Phi) is 8.40. The first-order valence-corrected chi connectivity index (χ1v) is 10.5. The molecule has 0 saturated heterocycles. The summed E-state index contributed by atoms with van der Waals surface area (Å²) in [6.07, 6.45) is -1.80. The number of aliphatic hydroxyl groups excluding tert-OH is 1. The quantitative estimate of drug-likeness (QED) is 0.497. The second-order valence-corrected chi connectivity index (χ2v) is 7.18. The predicted molar refractivity (Wildman–Crippen MR) is 121 cm³/mol. The molecule has 32 heavy (non-hydrogen) atoms. The van der Waals surface area contributed by atoms with E-state index in [1.54, 1.807) is 31.2 Å². The minimum absolute atomic E-state index is 0.0436. The molecule has 1 amide bonds. The highest BCUT2D eigenvalue weighted by Crippen LogP contribution is 2.34. The average molecular weight is 434 g/mol. The van der Waals surface area contributed by atoms with Crippen LogP contribution in [0.25, 0.3) is 0 Å². The van der Waals surface area contributed by atoms with Crippen molar-refractivity contribution in [3.8, 4) is 0 Å². The summed E-state index contributed by atoms with van der Waals surface area (Å²) in [6, 6.07) is 26.5. The van der Waals surface area contributed by atoms with Crippen molar-refractivity contribution >= 4 is 12.1 Å². The maximum atomic E-state index is 13.2. The number of benzene rings is 3. The molecule has 1 N–H and O–H groups in total. The molecular formula is C26H27NO5. The van der Waals surface area contributed by atoms with E-state index < -0.39 is 24.2 Å². The van der Waals surface area contributed by atoms with Gasteiger partial charge in [-0.15, -0.1) is 0 Å². The molecule has 3 aromatic rings. The Labute approximate surface area is 188 Å². The van der Waals surface area contributed by atoms with Crippen LogP contribution in [-0.4, -0.2) is 35.2 Å². The summed E-state index contributed by atoms with van der Waals surface area (Å²) in [5.41, 5.74) is 2.10. The van der Waals surface area contributed by atoms with Gasteiger partial charge in [0.15, 0.2) is 0 Å². The van der Waals surface area contributed by atoms with E-state index in [2.05, 4.69) is 0 Å². The molecule has 2 atom stereocenters. The van der Waals surface area contributed by atoms with Crippen LogP contribution in [0.2, 0.25) is 0 Å². The molecule has 0 aromatic heterocycles. The maximum absolute atomic E-state index is 13.2. The lowest BCUT2D eigenvalue weighted by molar-refractivity contribution is -0.145. The smallest absolute Gasteiger partial charge is 0.411 e. The minimum atomic E-state index is -1.09. The van der Waals surface area contributed by atoms with E-state index in [0.717, 1.165) is 5.56 Å². The van der Waals surface area contributed by atoms with Gasteiger partial charge < -0.3 is 14.6 Å². The Hall–Kier alpha value is -3.64. The topological polar surface area (TPSA) is 76.1 Å². The SMILES string of the molecule is CCOC(=O)CN(C(=O)OCc1ccccc1)[C@H](c1ccccc1)[C@@H](O)c1ccccc1. The van der Waals surface area contributed by atoms with Crippen molar-refractivity contribution in [2.24, 2.45) is 0 Å². The van der Waals surface area contributed by atoms with Gasteiger partial charge in [0.1, 0.15) is 19.3 Å². The number of aliphatic hydroxyl groups is 1. The van der Waals surface area contributed by atoms with Crippen molar-refractivity contribution < 1.29 is 24.2 Å². The Bertz CT molecular complexity index is 979. The number of hydrogen-bond donors (Lipinski definition) is 1. The number of nitrogens with zero attached hydrogens (tertiary/aromatic N) is 1. The van der Waals surface area contributed by atoms with Crippen LogP contribution in [0.3, 0.4) is 0 Å². The lowest BCUT2D eigenvalue weighted by atomic mass is 9.94. The molecule has 0 aliphatic heterocycles. The lowest BCUT2D eigenvalue weighted by Gasteiger charge is -2.34. The van der Waals surface area contributed by atoms with Crippen molar-refractivity contribution in [2.75, 3.05) is 13.2 Å². The monoisotopic (exact) mass is 433 g/mol. The first kappa shape index (κ1) is 23.0. The second kappa shape index (κ2) is 11.7. The van der Waals surface area contributed by atoms with E-state index >= 15 is 0 Å². The van der Waals surface area contributed by atoms with Crippen LogP contribution in [0, 0.1) is 0 Å². The van der Waals surface area contributed by atoms with Gasteiger partial charge in [-0.25, -0.2) is 4.79 Å². The molecule has 0 aliphatic carbocycles. The van der Waals surface area contributed by atoms with Gasteiger partial charge in [-0.05, 0) is 23.6 Å². The molecule has 0 radical (unpaired) electrons. The first-order valence-electron chi connectivity index (χ1n) is 10.5. The fraction of sp³-hybridized carbons (Fsp3) is 0.231. The summed E-state index contributed by atoms with van der Waals surface area (Å²) in [5, 5.41) is 11.3. The normalized spacial score (nSPS) is 12.4. The highest BCUT2D eigenvalue weighted by molar-refractivity contribution is 5.78. The summed E-state index contributed by atoms with van der Waals surface area (Å²) < 4.78 is 10.6. The van der Waals surface area contributed by atoms with Crippen LogP contribution < -0.4 is 0 Å². The molecular weight excluding hydrogens is 406 g/mol. The predicted octanol–water partition coefficient (Wildman–Crippen LogP) is 4.66. The van der Waals surface area contributed by atoms with Crippen LogP contribution in [0.5, 0.6) is 0 Å². The number of rotatable bonds is 9. The van der Waals surface area contributed by atoms with Crippen LogP contribution in [0.15, 0.2) is 91.0 Å². The Morgan fingerprint density at radius 2 is 1.34 bits per heavy atom. The van der Waals surface area contributed by atoms with Gasteiger partial charge >= 0.3 is 12.1 Å². The zero-order chi connectivity index (χ0) is 22.8. The van der Waals surface area contributed by atoms with Crippen molar-refractivity contribution in [1.29, 1.82) is 0 Å².